The molecule has 2 aromatic rings. The van der Waals surface area contributed by atoms with Crippen LogP contribution in [0.4, 0.5) is 0 Å². The highest BCUT2D eigenvalue weighted by molar-refractivity contribution is 7.89. The average molecular weight is 382 g/mol. The van der Waals surface area contributed by atoms with E-state index in [-0.39, 0.29) is 11.7 Å². The number of hydrogen-bond acceptors (Lipinski definition) is 6. The van der Waals surface area contributed by atoms with E-state index in [0.717, 1.165) is 22.6 Å². The van der Waals surface area contributed by atoms with E-state index >= 15 is 0 Å². The van der Waals surface area contributed by atoms with Crippen LogP contribution >= 0.6 is 0 Å². The van der Waals surface area contributed by atoms with Gasteiger partial charge >= 0.3 is 5.97 Å². The SMILES string of the molecule is COC(=O)[C@H](CC(C)C)NS(=O)(=O)CCCc1nccc2[nH]c(C)nc12. The fraction of sp³-hybridized carbons (Fsp3) is 0.588. The molecule has 26 heavy (non-hydrogen) atoms. The first-order chi connectivity index (χ1) is 12.2. The number of pyridine rings is 1. The van der Waals surface area contributed by atoms with Crippen molar-refractivity contribution in [2.24, 2.45) is 5.92 Å². The van der Waals surface area contributed by atoms with Crippen molar-refractivity contribution in [1.29, 1.82) is 0 Å². The average Bonchev–Trinajstić information content (AvgIpc) is 2.93. The second kappa shape index (κ2) is 8.59. The fourth-order valence-electron chi connectivity index (χ4n) is 2.81. The number of rotatable bonds is 9. The Hall–Kier alpha value is -2.00. The van der Waals surface area contributed by atoms with Crippen LogP contribution in [-0.4, -0.2) is 48.2 Å². The zero-order valence-corrected chi connectivity index (χ0v) is 16.4. The number of carbonyl (C=O) groups excluding carboxylic acids is 1. The molecule has 0 aliphatic carbocycles. The number of aromatic amines is 1. The van der Waals surface area contributed by atoms with Crippen molar-refractivity contribution in [1.82, 2.24) is 19.7 Å². The van der Waals surface area contributed by atoms with Crippen LogP contribution < -0.4 is 4.72 Å². The molecule has 0 saturated heterocycles. The monoisotopic (exact) mass is 382 g/mol. The third-order valence-electron chi connectivity index (χ3n) is 3.94. The van der Waals surface area contributed by atoms with Crippen LogP contribution in [-0.2, 0) is 26.0 Å². The first-order valence-electron chi connectivity index (χ1n) is 8.60. The van der Waals surface area contributed by atoms with E-state index in [0.29, 0.717) is 19.3 Å². The molecule has 9 heteroatoms. The van der Waals surface area contributed by atoms with Gasteiger partial charge in [-0.2, -0.15) is 0 Å². The van der Waals surface area contributed by atoms with Crippen LogP contribution in [0.2, 0.25) is 0 Å². The summed E-state index contributed by atoms with van der Waals surface area (Å²) < 4.78 is 31.8. The van der Waals surface area contributed by atoms with E-state index in [1.165, 1.54) is 7.11 Å². The second-order valence-electron chi connectivity index (χ2n) is 6.72. The Balaban J connectivity index is 1.99. The number of imidazole rings is 1. The fourth-order valence-corrected chi connectivity index (χ4v) is 4.08. The number of methoxy groups -OCH3 is 1. The van der Waals surface area contributed by atoms with Gasteiger partial charge in [0.05, 0.1) is 24.1 Å². The van der Waals surface area contributed by atoms with Gasteiger partial charge in [0.25, 0.3) is 0 Å². The van der Waals surface area contributed by atoms with Gasteiger partial charge in [0, 0.05) is 6.20 Å². The Morgan fingerprint density at radius 3 is 2.77 bits per heavy atom. The van der Waals surface area contributed by atoms with Crippen molar-refractivity contribution in [2.75, 3.05) is 12.9 Å². The molecule has 2 heterocycles. The van der Waals surface area contributed by atoms with Crippen LogP contribution in [0.5, 0.6) is 0 Å². The smallest absolute Gasteiger partial charge is 0.323 e. The van der Waals surface area contributed by atoms with Crippen LogP contribution in [0.15, 0.2) is 12.3 Å². The summed E-state index contributed by atoms with van der Waals surface area (Å²) in [5.74, 6) is 0.283. The van der Waals surface area contributed by atoms with E-state index in [9.17, 15) is 13.2 Å². The maximum absolute atomic E-state index is 12.3. The maximum Gasteiger partial charge on any atom is 0.323 e. The molecule has 0 aliphatic rings. The predicted octanol–water partition coefficient (Wildman–Crippen LogP) is 1.71. The van der Waals surface area contributed by atoms with Gasteiger partial charge in [0.15, 0.2) is 0 Å². The Morgan fingerprint density at radius 2 is 2.12 bits per heavy atom. The minimum absolute atomic E-state index is 0.0972. The summed E-state index contributed by atoms with van der Waals surface area (Å²) in [7, 11) is -2.35. The van der Waals surface area contributed by atoms with Gasteiger partial charge in [-0.3, -0.25) is 9.78 Å². The summed E-state index contributed by atoms with van der Waals surface area (Å²) in [4.78, 5) is 23.6. The minimum Gasteiger partial charge on any atom is -0.468 e. The Labute approximate surface area is 153 Å². The van der Waals surface area contributed by atoms with Gasteiger partial charge in [-0.15, -0.1) is 0 Å². The largest absolute Gasteiger partial charge is 0.468 e. The van der Waals surface area contributed by atoms with Gasteiger partial charge in [-0.1, -0.05) is 13.8 Å². The number of H-pyrrole nitrogens is 1. The summed E-state index contributed by atoms with van der Waals surface area (Å²) in [6.07, 6.45) is 2.93. The zero-order chi connectivity index (χ0) is 19.3. The lowest BCUT2D eigenvalue weighted by Gasteiger charge is -2.18. The standard InChI is InChI=1S/C17H26N4O4S/c1-11(2)10-15(17(22)25-4)21-26(23,24)9-5-6-13-16-14(7-8-18-13)19-12(3)20-16/h7-8,11,15,21H,5-6,9-10H2,1-4H3,(H,19,20)/t15-/m0/s1. The first kappa shape index (κ1) is 20.3. The lowest BCUT2D eigenvalue weighted by atomic mass is 10.1. The number of carbonyl (C=O) groups is 1. The lowest BCUT2D eigenvalue weighted by molar-refractivity contribution is -0.143. The third kappa shape index (κ3) is 5.50. The molecule has 144 valence electrons. The quantitative estimate of drug-likeness (QED) is 0.638. The molecular formula is C17H26N4O4S. The highest BCUT2D eigenvalue weighted by Crippen LogP contribution is 2.16. The van der Waals surface area contributed by atoms with Crippen molar-refractivity contribution in [2.45, 2.75) is 46.1 Å². The van der Waals surface area contributed by atoms with Crippen LogP contribution in [0.3, 0.4) is 0 Å². The number of sulfonamides is 1. The summed E-state index contributed by atoms with van der Waals surface area (Å²) in [5, 5.41) is 0. The van der Waals surface area contributed by atoms with Gasteiger partial charge in [0.2, 0.25) is 10.0 Å². The molecule has 1 atom stereocenters. The van der Waals surface area contributed by atoms with Gasteiger partial charge < -0.3 is 9.72 Å². The molecule has 0 aliphatic heterocycles. The molecule has 2 N–H and O–H groups in total. The predicted molar refractivity (Wildman–Crippen MR) is 99.1 cm³/mol. The molecule has 0 saturated carbocycles. The number of nitrogens with zero attached hydrogens (tertiary/aromatic N) is 2. The van der Waals surface area contributed by atoms with E-state index in [1.807, 2.05) is 26.8 Å². The Morgan fingerprint density at radius 1 is 1.38 bits per heavy atom. The van der Waals surface area contributed by atoms with Crippen LogP contribution in [0.25, 0.3) is 11.0 Å². The molecule has 0 spiro atoms. The lowest BCUT2D eigenvalue weighted by Crippen LogP contribution is -2.43. The molecule has 0 aromatic carbocycles. The molecule has 8 nitrogen and oxygen atoms in total. The van der Waals surface area contributed by atoms with Crippen molar-refractivity contribution < 1.29 is 17.9 Å². The van der Waals surface area contributed by atoms with E-state index in [1.54, 1.807) is 6.20 Å². The van der Waals surface area contributed by atoms with Crippen molar-refractivity contribution in [3.05, 3.63) is 23.8 Å². The van der Waals surface area contributed by atoms with Crippen molar-refractivity contribution >= 4 is 27.0 Å². The molecule has 0 fully saturated rings. The molecule has 0 radical (unpaired) electrons. The zero-order valence-electron chi connectivity index (χ0n) is 15.6. The number of fused-ring (bicyclic) bond motifs is 1. The number of ether oxygens (including phenoxy) is 1. The minimum atomic E-state index is -3.61. The number of nitrogens with one attached hydrogen (secondary N) is 2. The van der Waals surface area contributed by atoms with Crippen molar-refractivity contribution in [3.63, 3.8) is 0 Å². The maximum atomic E-state index is 12.3. The van der Waals surface area contributed by atoms with E-state index < -0.39 is 22.0 Å². The second-order valence-corrected chi connectivity index (χ2v) is 8.60. The third-order valence-corrected chi connectivity index (χ3v) is 5.41. The first-order valence-corrected chi connectivity index (χ1v) is 10.2. The normalized spacial score (nSPS) is 13.3. The number of hydrogen-bond donors (Lipinski definition) is 2. The van der Waals surface area contributed by atoms with Gasteiger partial charge in [-0.05, 0) is 38.2 Å². The van der Waals surface area contributed by atoms with Gasteiger partial charge in [0.1, 0.15) is 17.4 Å². The summed E-state index contributed by atoms with van der Waals surface area (Å²) in [6, 6.07) is 0.977. The molecular weight excluding hydrogens is 356 g/mol. The topological polar surface area (TPSA) is 114 Å². The number of aryl methyl sites for hydroxylation is 2. The number of aromatic nitrogens is 3. The summed E-state index contributed by atoms with van der Waals surface area (Å²) >= 11 is 0. The Kier molecular flexibility index (Phi) is 6.71. The molecule has 0 unspecified atom stereocenters. The molecule has 2 aromatic heterocycles. The summed E-state index contributed by atoms with van der Waals surface area (Å²) in [5.41, 5.74) is 2.41. The van der Waals surface area contributed by atoms with Crippen molar-refractivity contribution in [3.8, 4) is 0 Å². The van der Waals surface area contributed by atoms with E-state index in [2.05, 4.69) is 19.7 Å². The molecule has 0 bridgehead atoms. The highest BCUT2D eigenvalue weighted by Gasteiger charge is 2.25. The Bertz CT molecular complexity index is 861. The van der Waals surface area contributed by atoms with E-state index in [4.69, 9.17) is 4.74 Å². The number of esters is 1. The highest BCUT2D eigenvalue weighted by atomic mass is 32.2. The molecule has 0 amide bonds. The van der Waals surface area contributed by atoms with Gasteiger partial charge in [-0.25, -0.2) is 18.1 Å². The molecule has 2 rings (SSSR count). The summed E-state index contributed by atoms with van der Waals surface area (Å²) in [6.45, 7) is 5.70. The van der Waals surface area contributed by atoms with Crippen LogP contribution in [0, 0.1) is 12.8 Å². The van der Waals surface area contributed by atoms with Crippen LogP contribution in [0.1, 0.15) is 38.2 Å².